The van der Waals surface area contributed by atoms with Crippen LogP contribution in [0, 0.1) is 0 Å². The van der Waals surface area contributed by atoms with Crippen molar-refractivity contribution >= 4 is 5.97 Å². The number of ether oxygens (including phenoxy) is 1. The first-order chi connectivity index (χ1) is 6.18. The summed E-state index contributed by atoms with van der Waals surface area (Å²) in [6.45, 7) is 2.42. The molecule has 0 amide bonds. The molecule has 3 heteroatoms. The number of hydrogen-bond acceptors (Lipinski definition) is 3. The van der Waals surface area contributed by atoms with Gasteiger partial charge in [-0.25, -0.2) is 4.79 Å². The molecule has 0 saturated carbocycles. The van der Waals surface area contributed by atoms with E-state index in [1.165, 1.54) is 6.07 Å². The Bertz CT molecular complexity index is 357. The third-order valence-electron chi connectivity index (χ3n) is 2.25. The molecule has 1 aliphatic heterocycles. The van der Waals surface area contributed by atoms with Crippen LogP contribution in [0.4, 0.5) is 0 Å². The first-order valence-electron chi connectivity index (χ1n) is 4.18. The first kappa shape index (κ1) is 8.10. The fraction of sp³-hybridized carbons (Fsp3) is 0.300. The van der Waals surface area contributed by atoms with Crippen molar-refractivity contribution in [2.24, 2.45) is 0 Å². The Hall–Kier alpha value is -1.51. The Kier molecular flexibility index (Phi) is 1.72. The zero-order valence-corrected chi connectivity index (χ0v) is 7.28. The molecule has 0 aromatic heterocycles. The summed E-state index contributed by atoms with van der Waals surface area (Å²) in [5, 5.41) is 9.18. The van der Waals surface area contributed by atoms with Crippen molar-refractivity contribution in [2.75, 3.05) is 6.61 Å². The van der Waals surface area contributed by atoms with E-state index in [1.54, 1.807) is 12.1 Å². The van der Waals surface area contributed by atoms with Crippen molar-refractivity contribution in [3.8, 4) is 5.75 Å². The summed E-state index contributed by atoms with van der Waals surface area (Å²) in [7, 11) is 0. The lowest BCUT2D eigenvalue weighted by Crippen LogP contribution is -2.20. The zero-order valence-electron chi connectivity index (χ0n) is 7.28. The number of rotatable bonds is 0. The highest BCUT2D eigenvalue weighted by Crippen LogP contribution is 2.28. The Labute approximate surface area is 76.0 Å². The highest BCUT2D eigenvalue weighted by atomic mass is 16.5. The van der Waals surface area contributed by atoms with Gasteiger partial charge in [-0.1, -0.05) is 13.0 Å². The summed E-state index contributed by atoms with van der Waals surface area (Å²) < 4.78 is 4.92. The van der Waals surface area contributed by atoms with Crippen LogP contribution in [0.5, 0.6) is 5.75 Å². The lowest BCUT2D eigenvalue weighted by Gasteiger charge is -2.21. The van der Waals surface area contributed by atoms with E-state index in [4.69, 9.17) is 4.74 Å². The van der Waals surface area contributed by atoms with Crippen LogP contribution < -0.4 is 0 Å². The number of phenolic OH excluding ortho intramolecular Hbond substituents is 1. The SMILES string of the molecule is CC1COC(=O)c2cc(O)ccc21. The van der Waals surface area contributed by atoms with Gasteiger partial charge < -0.3 is 9.84 Å². The first-order valence-corrected chi connectivity index (χ1v) is 4.18. The second-order valence-electron chi connectivity index (χ2n) is 3.27. The molecule has 0 fully saturated rings. The predicted octanol–water partition coefficient (Wildman–Crippen LogP) is 1.67. The van der Waals surface area contributed by atoms with E-state index in [0.29, 0.717) is 12.2 Å². The van der Waals surface area contributed by atoms with Gasteiger partial charge in [-0.2, -0.15) is 0 Å². The smallest absolute Gasteiger partial charge is 0.338 e. The standard InChI is InChI=1S/C10H10O3/c1-6-5-13-10(12)9-4-7(11)2-3-8(6)9/h2-4,6,11H,5H2,1H3. The van der Waals surface area contributed by atoms with Gasteiger partial charge in [0.25, 0.3) is 0 Å². The molecular formula is C10H10O3. The highest BCUT2D eigenvalue weighted by molar-refractivity contribution is 5.92. The van der Waals surface area contributed by atoms with Crippen LogP contribution >= 0.6 is 0 Å². The summed E-state index contributed by atoms with van der Waals surface area (Å²) in [6, 6.07) is 4.82. The zero-order chi connectivity index (χ0) is 9.42. The van der Waals surface area contributed by atoms with Gasteiger partial charge in [0.2, 0.25) is 0 Å². The van der Waals surface area contributed by atoms with Gasteiger partial charge in [-0.3, -0.25) is 0 Å². The Morgan fingerprint density at radius 3 is 3.08 bits per heavy atom. The van der Waals surface area contributed by atoms with Crippen LogP contribution in [0.2, 0.25) is 0 Å². The second kappa shape index (κ2) is 2.76. The molecule has 13 heavy (non-hydrogen) atoms. The number of hydrogen-bond donors (Lipinski definition) is 1. The largest absolute Gasteiger partial charge is 0.508 e. The molecular weight excluding hydrogens is 168 g/mol. The molecule has 2 rings (SSSR count). The van der Waals surface area contributed by atoms with Gasteiger partial charge in [-0.05, 0) is 17.7 Å². The molecule has 3 nitrogen and oxygen atoms in total. The Balaban J connectivity index is 2.57. The number of fused-ring (bicyclic) bond motifs is 1. The fourth-order valence-corrected chi connectivity index (χ4v) is 1.52. The Morgan fingerprint density at radius 1 is 1.54 bits per heavy atom. The van der Waals surface area contributed by atoms with Crippen LogP contribution in [-0.2, 0) is 4.74 Å². The summed E-state index contributed by atoms with van der Waals surface area (Å²) in [5.74, 6) is -0.0258. The van der Waals surface area contributed by atoms with Crippen molar-refractivity contribution in [1.29, 1.82) is 0 Å². The van der Waals surface area contributed by atoms with Gasteiger partial charge in [-0.15, -0.1) is 0 Å². The highest BCUT2D eigenvalue weighted by Gasteiger charge is 2.23. The molecule has 1 aromatic carbocycles. The van der Waals surface area contributed by atoms with Crippen LogP contribution in [-0.4, -0.2) is 17.7 Å². The number of cyclic esters (lactones) is 1. The minimum atomic E-state index is -0.344. The van der Waals surface area contributed by atoms with E-state index >= 15 is 0 Å². The molecule has 0 saturated heterocycles. The minimum absolute atomic E-state index is 0.102. The number of carbonyl (C=O) groups excluding carboxylic acids is 1. The molecule has 0 spiro atoms. The quantitative estimate of drug-likeness (QED) is 0.614. The van der Waals surface area contributed by atoms with Gasteiger partial charge in [0.05, 0.1) is 12.2 Å². The molecule has 1 aliphatic rings. The maximum absolute atomic E-state index is 11.2. The third kappa shape index (κ3) is 1.26. The van der Waals surface area contributed by atoms with Crippen LogP contribution in [0.1, 0.15) is 28.8 Å². The number of carbonyl (C=O) groups is 1. The lowest BCUT2D eigenvalue weighted by atomic mass is 9.94. The van der Waals surface area contributed by atoms with Crippen molar-refractivity contribution in [3.63, 3.8) is 0 Å². The normalized spacial score (nSPS) is 20.7. The van der Waals surface area contributed by atoms with Gasteiger partial charge >= 0.3 is 5.97 Å². The maximum atomic E-state index is 11.2. The molecule has 1 atom stereocenters. The fourth-order valence-electron chi connectivity index (χ4n) is 1.52. The number of aromatic hydroxyl groups is 1. The molecule has 68 valence electrons. The molecule has 0 aliphatic carbocycles. The van der Waals surface area contributed by atoms with Gasteiger partial charge in [0, 0.05) is 5.92 Å². The summed E-state index contributed by atoms with van der Waals surface area (Å²) in [5.41, 5.74) is 1.44. The maximum Gasteiger partial charge on any atom is 0.338 e. The van der Waals surface area contributed by atoms with Crippen molar-refractivity contribution < 1.29 is 14.6 Å². The monoisotopic (exact) mass is 178 g/mol. The van der Waals surface area contributed by atoms with Crippen LogP contribution in [0.15, 0.2) is 18.2 Å². The summed E-state index contributed by atoms with van der Waals surface area (Å²) >= 11 is 0. The van der Waals surface area contributed by atoms with Crippen LogP contribution in [0.3, 0.4) is 0 Å². The number of esters is 1. The Morgan fingerprint density at radius 2 is 2.31 bits per heavy atom. The predicted molar refractivity (Wildman–Crippen MR) is 46.8 cm³/mol. The number of phenols is 1. The van der Waals surface area contributed by atoms with Crippen LogP contribution in [0.25, 0.3) is 0 Å². The number of benzene rings is 1. The van der Waals surface area contributed by atoms with Gasteiger partial charge in [0.15, 0.2) is 0 Å². The molecule has 1 unspecified atom stereocenters. The molecule has 1 aromatic rings. The topological polar surface area (TPSA) is 46.5 Å². The average molecular weight is 178 g/mol. The third-order valence-corrected chi connectivity index (χ3v) is 2.25. The van der Waals surface area contributed by atoms with E-state index < -0.39 is 0 Å². The van der Waals surface area contributed by atoms with E-state index in [9.17, 15) is 9.90 Å². The van der Waals surface area contributed by atoms with Crippen molar-refractivity contribution in [1.82, 2.24) is 0 Å². The molecule has 0 bridgehead atoms. The lowest BCUT2D eigenvalue weighted by molar-refractivity contribution is 0.0448. The van der Waals surface area contributed by atoms with E-state index in [-0.39, 0.29) is 17.6 Å². The van der Waals surface area contributed by atoms with Crippen molar-refractivity contribution in [3.05, 3.63) is 29.3 Å². The summed E-state index contributed by atoms with van der Waals surface area (Å²) in [4.78, 5) is 11.2. The van der Waals surface area contributed by atoms with E-state index in [1.807, 2.05) is 6.92 Å². The molecule has 0 radical (unpaired) electrons. The van der Waals surface area contributed by atoms with Crippen molar-refractivity contribution in [2.45, 2.75) is 12.8 Å². The van der Waals surface area contributed by atoms with E-state index in [0.717, 1.165) is 5.56 Å². The van der Waals surface area contributed by atoms with Gasteiger partial charge in [0.1, 0.15) is 5.75 Å². The summed E-state index contributed by atoms with van der Waals surface area (Å²) in [6.07, 6.45) is 0. The molecule has 1 N–H and O–H groups in total. The minimum Gasteiger partial charge on any atom is -0.508 e. The average Bonchev–Trinajstić information content (AvgIpc) is 2.12. The molecule has 1 heterocycles. The van der Waals surface area contributed by atoms with E-state index in [2.05, 4.69) is 0 Å². The second-order valence-corrected chi connectivity index (χ2v) is 3.27.